The summed E-state index contributed by atoms with van der Waals surface area (Å²) in [6, 6.07) is 25.3. The van der Waals surface area contributed by atoms with Crippen LogP contribution in [0.4, 0.5) is 26.3 Å². The van der Waals surface area contributed by atoms with Crippen molar-refractivity contribution in [3.63, 3.8) is 0 Å². The van der Waals surface area contributed by atoms with Crippen molar-refractivity contribution in [1.82, 2.24) is 45.0 Å². The van der Waals surface area contributed by atoms with E-state index in [4.69, 9.17) is 32.2 Å². The van der Waals surface area contributed by atoms with Crippen molar-refractivity contribution in [2.24, 2.45) is 0 Å². The van der Waals surface area contributed by atoms with Crippen LogP contribution >= 0.6 is 37.2 Å². The lowest BCUT2D eigenvalue weighted by molar-refractivity contribution is -0.186. The molecule has 2 amide bonds. The number of halogens is 8. The highest BCUT2D eigenvalue weighted by Crippen LogP contribution is 2.34. The van der Waals surface area contributed by atoms with E-state index < -0.39 is 97.7 Å². The minimum absolute atomic E-state index is 0. The van der Waals surface area contributed by atoms with Crippen LogP contribution in [0.2, 0.25) is 0 Å². The van der Waals surface area contributed by atoms with Gasteiger partial charge in [0, 0.05) is 105 Å². The van der Waals surface area contributed by atoms with E-state index in [0.29, 0.717) is 92.3 Å². The van der Waals surface area contributed by atoms with Crippen molar-refractivity contribution in [1.29, 1.82) is 0 Å². The molecule has 9 aromatic rings. The SMILES string of the molecule is C.C.CS(=O)(=O)CCN(Cc1ccc(-c2ccc3nc[nH]c(=O)c3c2)o1)C(=O)C(F)(F)F.CS(=O)(=O)CCN(Cc1ccc(-c2ccc3ncnc(OC4CCCCO4)c3c2)o1)C(=O)C(F)(F)F.CS(=O)(=O)CCNCc1ccc(-c2ccc3ncnc(OC4CCCCO4)c3c2)o1.II. The fraction of sp³-hybridized carbons (Fsp3) is 0.406. The molecule has 2 fully saturated rings. The Kier molecular flexibility index (Phi) is 29.8. The number of aromatic nitrogens is 6. The Morgan fingerprint density at radius 3 is 1.33 bits per heavy atom. The number of furan rings is 3. The molecule has 0 saturated carbocycles. The molecule has 2 unspecified atom stereocenters. The van der Waals surface area contributed by atoms with Crippen molar-refractivity contribution in [3.05, 3.63) is 138 Å². The van der Waals surface area contributed by atoms with Crippen LogP contribution in [0.5, 0.6) is 11.8 Å². The molecule has 6 aromatic heterocycles. The van der Waals surface area contributed by atoms with Crippen LogP contribution in [0, 0.1) is 0 Å². The van der Waals surface area contributed by atoms with Gasteiger partial charge in [-0.05, 0) is 117 Å². The molecular weight excluding hydrogens is 1610 g/mol. The summed E-state index contributed by atoms with van der Waals surface area (Å²) in [5.41, 5.74) is 3.45. The summed E-state index contributed by atoms with van der Waals surface area (Å²) in [5.74, 6) is -2.48. The fourth-order valence-corrected chi connectivity index (χ4v) is 11.4. The zero-order chi connectivity index (χ0) is 71.0. The third kappa shape index (κ3) is 24.4. The molecule has 2 aliphatic rings. The lowest BCUT2D eigenvalue weighted by Gasteiger charge is -2.23. The predicted octanol–water partition coefficient (Wildman–Crippen LogP) is 11.8. The number of hydrogen-bond donors (Lipinski definition) is 2. The smallest absolute Gasteiger partial charge is 0.460 e. The maximum Gasteiger partial charge on any atom is 0.471 e. The van der Waals surface area contributed by atoms with Gasteiger partial charge in [-0.1, -0.05) is 14.9 Å². The molecule has 3 aromatic carbocycles. The average Bonchev–Trinajstić information content (AvgIpc) is 1.31. The first-order chi connectivity index (χ1) is 46.4. The van der Waals surface area contributed by atoms with Crippen LogP contribution in [0.1, 0.15) is 70.7 Å². The summed E-state index contributed by atoms with van der Waals surface area (Å²) in [5, 5.41) is 4.78. The second-order valence-corrected chi connectivity index (χ2v) is 29.2. The number of carbonyl (C=O) groups excluding carboxylic acids is 2. The maximum atomic E-state index is 13.0. The third-order valence-electron chi connectivity index (χ3n) is 14.6. The fourth-order valence-electron chi connectivity index (χ4n) is 9.76. The van der Waals surface area contributed by atoms with Gasteiger partial charge in [0.1, 0.15) is 76.7 Å². The van der Waals surface area contributed by atoms with Crippen molar-refractivity contribution < 1.29 is 93.4 Å². The number of hydrogen-bond acceptors (Lipinski definition) is 22. The number of nitrogens with zero attached hydrogens (tertiary/aromatic N) is 7. The van der Waals surface area contributed by atoms with Gasteiger partial charge in [0.2, 0.25) is 24.3 Å². The van der Waals surface area contributed by atoms with Gasteiger partial charge in [-0.2, -0.15) is 26.3 Å². The third-order valence-corrected chi connectivity index (χ3v) is 17.4. The minimum atomic E-state index is -5.15. The Balaban J connectivity index is 0.000000232. The molecule has 2 saturated heterocycles. The zero-order valence-corrected chi connectivity index (χ0v) is 59.2. The van der Waals surface area contributed by atoms with Crippen molar-refractivity contribution >= 4 is 111 Å². The Hall–Kier alpha value is -7.37. The molecule has 8 heterocycles. The van der Waals surface area contributed by atoms with Crippen LogP contribution < -0.4 is 20.3 Å². The van der Waals surface area contributed by atoms with E-state index in [0.717, 1.165) is 73.3 Å². The minimum Gasteiger partial charge on any atom is -0.460 e. The number of sulfone groups is 3. The molecule has 25 nitrogen and oxygen atoms in total. The van der Waals surface area contributed by atoms with Gasteiger partial charge in [-0.25, -0.2) is 50.2 Å². The van der Waals surface area contributed by atoms with Gasteiger partial charge in [-0.3, -0.25) is 14.4 Å². The first-order valence-electron chi connectivity index (χ1n) is 29.8. The molecule has 0 aliphatic carbocycles. The highest BCUT2D eigenvalue weighted by molar-refractivity contribution is 15.0. The molecule has 36 heteroatoms. The molecule has 0 spiro atoms. The van der Waals surface area contributed by atoms with E-state index in [1.165, 1.54) is 49.5 Å². The van der Waals surface area contributed by atoms with Gasteiger partial charge < -0.3 is 52.3 Å². The topological polar surface area (TPSA) is 329 Å². The lowest BCUT2D eigenvalue weighted by atomic mass is 10.1. The highest BCUT2D eigenvalue weighted by Gasteiger charge is 2.44. The quantitative estimate of drug-likeness (QED) is 0.0362. The molecular formula is C64H73F6I2N9O16S3. The van der Waals surface area contributed by atoms with Crippen molar-refractivity contribution in [2.45, 2.75) is 97.9 Å². The lowest BCUT2D eigenvalue weighted by Crippen LogP contribution is -2.42. The van der Waals surface area contributed by atoms with Gasteiger partial charge in [-0.15, -0.1) is 0 Å². The van der Waals surface area contributed by atoms with Crippen molar-refractivity contribution in [2.75, 3.05) is 68.9 Å². The Bertz CT molecular complexity index is 4630. The standard InChI is InChI=1S/C23H24F3N3O6S.C21H25N3O5S.C18H16F3N3O5S.2CH4.I2/c1-36(31,32)11-9-29(22(30)23(24,25)26)13-16-6-8-19(34-16)15-5-7-18-17(12-15)21(28-14-27-18)35-20-4-2-3-10-33-20;1-30(25,26)11-9-22-13-16-6-8-19(28-16)15-5-7-18-17(12-15)21(24-14-23-18)29-20-4-2-3-10-27-20;1-30(27,28)7-6-24(17(26)18(19,20)21)9-12-3-5-15(29-12)11-2-4-14-13(8-11)16(25)23-10-22-14;;;1-2/h5-8,12,14,20H,2-4,9-11,13H2,1H3;5-8,12,14,20,22H,2-4,9-11,13H2,1H3;2-5,8,10H,6-7,9H2,1H3,(H,22,23,25);2*1H4;. The number of benzene rings is 3. The van der Waals surface area contributed by atoms with Crippen LogP contribution in [0.25, 0.3) is 66.7 Å². The Morgan fingerprint density at radius 2 is 0.940 bits per heavy atom. The summed E-state index contributed by atoms with van der Waals surface area (Å²) in [4.78, 5) is 59.7. The van der Waals surface area contributed by atoms with Gasteiger partial charge in [0.05, 0.1) is 89.1 Å². The van der Waals surface area contributed by atoms with E-state index >= 15 is 0 Å². The number of alkyl halides is 6. The first kappa shape index (κ1) is 81.6. The number of fused-ring (bicyclic) bond motifs is 3. The van der Waals surface area contributed by atoms with E-state index in [-0.39, 0.29) is 49.7 Å². The Morgan fingerprint density at radius 1 is 0.550 bits per heavy atom. The summed E-state index contributed by atoms with van der Waals surface area (Å²) in [7, 11) is -10.1. The van der Waals surface area contributed by atoms with Crippen LogP contribution in [-0.2, 0) is 68.2 Å². The van der Waals surface area contributed by atoms with Crippen molar-refractivity contribution in [3.8, 4) is 45.7 Å². The monoisotopic (exact) mass is 1690 g/mol. The van der Waals surface area contributed by atoms with Gasteiger partial charge in [0.15, 0.2) is 0 Å². The second kappa shape index (κ2) is 36.5. The number of carbonyl (C=O) groups is 2. The summed E-state index contributed by atoms with van der Waals surface area (Å²) in [6.07, 6.45) is 1.77. The molecule has 2 atom stereocenters. The van der Waals surface area contributed by atoms with Gasteiger partial charge >= 0.3 is 24.2 Å². The number of H-pyrrole nitrogens is 1. The number of aromatic amines is 1. The van der Waals surface area contributed by atoms with Crippen LogP contribution in [0.15, 0.2) is 128 Å². The summed E-state index contributed by atoms with van der Waals surface area (Å²) < 4.78 is 186. The van der Waals surface area contributed by atoms with Gasteiger partial charge in [0.25, 0.3) is 5.56 Å². The average molecular weight is 1690 g/mol. The molecule has 11 rings (SSSR count). The van der Waals surface area contributed by atoms with E-state index in [2.05, 4.69) is 72.5 Å². The maximum absolute atomic E-state index is 13.0. The van der Waals surface area contributed by atoms with Crippen LogP contribution in [-0.4, -0.2) is 171 Å². The van der Waals surface area contributed by atoms with E-state index in [1.54, 1.807) is 36.4 Å². The van der Waals surface area contributed by atoms with E-state index in [9.17, 15) is 66.0 Å². The molecule has 0 radical (unpaired) electrons. The molecule has 544 valence electrons. The summed E-state index contributed by atoms with van der Waals surface area (Å²) in [6.45, 7) is -0.222. The zero-order valence-electron chi connectivity index (χ0n) is 52.5. The number of nitrogens with one attached hydrogen (secondary N) is 2. The second-order valence-electron chi connectivity index (χ2n) is 22.4. The first-order valence-corrected chi connectivity index (χ1v) is 42.3. The number of ether oxygens (including phenoxy) is 4. The molecule has 2 N–H and O–H groups in total. The molecule has 100 heavy (non-hydrogen) atoms. The normalized spacial score (nSPS) is 14.9. The largest absolute Gasteiger partial charge is 0.471 e. The summed E-state index contributed by atoms with van der Waals surface area (Å²) >= 11 is 4.24. The van der Waals surface area contributed by atoms with E-state index in [1.807, 2.05) is 30.3 Å². The molecule has 0 bridgehead atoms. The Labute approximate surface area is 595 Å². The number of rotatable bonds is 22. The van der Waals surface area contributed by atoms with Crippen LogP contribution in [0.3, 0.4) is 0 Å². The number of amides is 2. The highest BCUT2D eigenvalue weighted by atomic mass is 128. The molecule has 2 aliphatic heterocycles. The predicted molar refractivity (Wildman–Crippen MR) is 378 cm³/mol.